The van der Waals surface area contributed by atoms with E-state index in [0.717, 1.165) is 25.7 Å². The molecule has 1 atom stereocenters. The molecule has 0 aliphatic heterocycles. The van der Waals surface area contributed by atoms with Gasteiger partial charge in [-0.25, -0.2) is 0 Å². The summed E-state index contributed by atoms with van der Waals surface area (Å²) in [6.45, 7) is 2.27. The first-order chi connectivity index (χ1) is 17.6. The number of hydrogen-bond donors (Lipinski definition) is 1. The van der Waals surface area contributed by atoms with Crippen molar-refractivity contribution in [2.75, 3.05) is 25.7 Å². The largest absolute Gasteiger partial charge is 0.493 e. The topological polar surface area (TPSA) is 90.2 Å². The summed E-state index contributed by atoms with van der Waals surface area (Å²) in [5.41, 5.74) is 1.02. The lowest BCUT2D eigenvalue weighted by Gasteiger charge is -2.33. The summed E-state index contributed by atoms with van der Waals surface area (Å²) < 4.78 is 22.3. The lowest BCUT2D eigenvalue weighted by Crippen LogP contribution is -2.46. The molecule has 1 N–H and O–H groups in total. The first-order valence-corrected chi connectivity index (χ1v) is 12.2. The van der Waals surface area contributed by atoms with Gasteiger partial charge in [0.1, 0.15) is 11.8 Å². The number of ether oxygens (including phenoxy) is 3. The van der Waals surface area contributed by atoms with Gasteiger partial charge in [-0.15, -0.1) is 0 Å². The van der Waals surface area contributed by atoms with Crippen molar-refractivity contribution in [2.45, 2.75) is 44.7 Å². The molecule has 1 heterocycles. The third kappa shape index (κ3) is 5.32. The van der Waals surface area contributed by atoms with E-state index in [0.29, 0.717) is 35.1 Å². The van der Waals surface area contributed by atoms with Crippen LogP contribution in [0.1, 0.15) is 54.8 Å². The average molecular weight is 493 g/mol. The molecule has 8 nitrogen and oxygen atoms in total. The summed E-state index contributed by atoms with van der Waals surface area (Å²) in [6.07, 6.45) is 5.38. The highest BCUT2D eigenvalue weighted by Crippen LogP contribution is 2.39. The fraction of sp³-hybridized carbons (Fsp3) is 0.357. The lowest BCUT2D eigenvalue weighted by molar-refractivity contribution is -0.123. The third-order valence-electron chi connectivity index (χ3n) is 6.31. The van der Waals surface area contributed by atoms with Gasteiger partial charge in [-0.2, -0.15) is 0 Å². The van der Waals surface area contributed by atoms with Crippen LogP contribution in [0.4, 0.5) is 5.69 Å². The van der Waals surface area contributed by atoms with E-state index in [1.54, 1.807) is 55.6 Å². The van der Waals surface area contributed by atoms with Crippen LogP contribution in [0.25, 0.3) is 0 Å². The van der Waals surface area contributed by atoms with Crippen LogP contribution in [0.15, 0.2) is 65.3 Å². The average Bonchev–Trinajstić information content (AvgIpc) is 3.62. The second-order valence-corrected chi connectivity index (χ2v) is 8.56. The minimum atomic E-state index is -1.02. The van der Waals surface area contributed by atoms with Crippen molar-refractivity contribution in [1.29, 1.82) is 0 Å². The maximum atomic E-state index is 14.0. The molecule has 2 aromatic carbocycles. The molecule has 1 aromatic heterocycles. The van der Waals surface area contributed by atoms with E-state index in [1.165, 1.54) is 18.3 Å². The Balaban J connectivity index is 1.88. The smallest absolute Gasteiger partial charge is 0.295 e. The van der Waals surface area contributed by atoms with Crippen molar-refractivity contribution in [3.8, 4) is 17.2 Å². The molecule has 4 rings (SSSR count). The third-order valence-corrected chi connectivity index (χ3v) is 6.31. The first kappa shape index (κ1) is 25.2. The van der Waals surface area contributed by atoms with Crippen molar-refractivity contribution in [3.63, 3.8) is 0 Å². The van der Waals surface area contributed by atoms with Crippen molar-refractivity contribution in [1.82, 2.24) is 5.32 Å². The highest BCUT2D eigenvalue weighted by atomic mass is 16.5. The Kier molecular flexibility index (Phi) is 8.15. The SMILES string of the molecule is CCOc1ccccc1N(C(=O)c1ccco1)[C@@H](C(=O)NC1CCCC1)c1ccc(OC)c(OC)c1. The Morgan fingerprint density at radius 1 is 1.00 bits per heavy atom. The minimum Gasteiger partial charge on any atom is -0.493 e. The lowest BCUT2D eigenvalue weighted by atomic mass is 10.0. The summed E-state index contributed by atoms with van der Waals surface area (Å²) in [5, 5.41) is 3.17. The summed E-state index contributed by atoms with van der Waals surface area (Å²) in [6, 6.07) is 14.7. The molecular formula is C28H32N2O6. The minimum absolute atomic E-state index is 0.0582. The number of rotatable bonds is 10. The van der Waals surface area contributed by atoms with Crippen LogP contribution in [-0.4, -0.2) is 38.7 Å². The van der Waals surface area contributed by atoms with Crippen LogP contribution >= 0.6 is 0 Å². The predicted octanol–water partition coefficient (Wildman–Crippen LogP) is 5.14. The first-order valence-electron chi connectivity index (χ1n) is 12.2. The van der Waals surface area contributed by atoms with E-state index in [1.807, 2.05) is 13.0 Å². The second-order valence-electron chi connectivity index (χ2n) is 8.56. The molecule has 2 amide bonds. The van der Waals surface area contributed by atoms with Gasteiger partial charge in [0.15, 0.2) is 17.3 Å². The molecule has 36 heavy (non-hydrogen) atoms. The number of hydrogen-bond acceptors (Lipinski definition) is 6. The van der Waals surface area contributed by atoms with E-state index < -0.39 is 11.9 Å². The molecule has 0 spiro atoms. The van der Waals surface area contributed by atoms with Crippen LogP contribution in [0.5, 0.6) is 17.2 Å². The zero-order chi connectivity index (χ0) is 25.5. The van der Waals surface area contributed by atoms with Gasteiger partial charge in [0.2, 0.25) is 5.91 Å². The summed E-state index contributed by atoms with van der Waals surface area (Å²) >= 11 is 0. The number of amides is 2. The van der Waals surface area contributed by atoms with Crippen LogP contribution in [-0.2, 0) is 4.79 Å². The van der Waals surface area contributed by atoms with E-state index in [-0.39, 0.29) is 17.7 Å². The molecule has 0 radical (unpaired) electrons. The molecule has 190 valence electrons. The monoisotopic (exact) mass is 492 g/mol. The Morgan fingerprint density at radius 2 is 1.75 bits per heavy atom. The molecule has 0 saturated heterocycles. The number of carbonyl (C=O) groups excluding carboxylic acids is 2. The summed E-state index contributed by atoms with van der Waals surface area (Å²) in [7, 11) is 3.08. The quantitative estimate of drug-likeness (QED) is 0.421. The number of methoxy groups -OCH3 is 2. The molecule has 3 aromatic rings. The number of carbonyl (C=O) groups is 2. The van der Waals surface area contributed by atoms with Gasteiger partial charge in [-0.3, -0.25) is 14.5 Å². The van der Waals surface area contributed by atoms with Crippen LogP contribution in [0, 0.1) is 0 Å². The highest BCUT2D eigenvalue weighted by Gasteiger charge is 2.37. The van der Waals surface area contributed by atoms with E-state index in [2.05, 4.69) is 5.32 Å². The molecule has 1 aliphatic carbocycles. The van der Waals surface area contributed by atoms with Gasteiger partial charge in [0.05, 0.1) is 32.8 Å². The van der Waals surface area contributed by atoms with Crippen LogP contribution in [0.3, 0.4) is 0 Å². The highest BCUT2D eigenvalue weighted by molar-refractivity contribution is 6.09. The fourth-order valence-electron chi connectivity index (χ4n) is 4.61. The van der Waals surface area contributed by atoms with Gasteiger partial charge in [0, 0.05) is 6.04 Å². The van der Waals surface area contributed by atoms with Crippen molar-refractivity contribution in [3.05, 3.63) is 72.2 Å². The van der Waals surface area contributed by atoms with E-state index in [4.69, 9.17) is 18.6 Å². The Hall–Kier alpha value is -3.94. The number of benzene rings is 2. The van der Waals surface area contributed by atoms with Crippen molar-refractivity contribution >= 4 is 17.5 Å². The summed E-state index contributed by atoms with van der Waals surface area (Å²) in [5.74, 6) is 0.820. The number of nitrogens with one attached hydrogen (secondary N) is 1. The van der Waals surface area contributed by atoms with Gasteiger partial charge in [0.25, 0.3) is 5.91 Å². The van der Waals surface area contributed by atoms with Gasteiger partial charge in [-0.1, -0.05) is 31.0 Å². The van der Waals surface area contributed by atoms with Gasteiger partial charge in [-0.05, 0) is 61.7 Å². The molecular weight excluding hydrogens is 460 g/mol. The van der Waals surface area contributed by atoms with Crippen molar-refractivity contribution < 1.29 is 28.2 Å². The summed E-state index contributed by atoms with van der Waals surface area (Å²) in [4.78, 5) is 29.3. The molecule has 8 heteroatoms. The van der Waals surface area contributed by atoms with E-state index in [9.17, 15) is 9.59 Å². The Morgan fingerprint density at radius 3 is 2.42 bits per heavy atom. The fourth-order valence-corrected chi connectivity index (χ4v) is 4.61. The Bertz CT molecular complexity index is 1170. The number of nitrogens with zero attached hydrogens (tertiary/aromatic N) is 1. The van der Waals surface area contributed by atoms with Gasteiger partial charge < -0.3 is 23.9 Å². The predicted molar refractivity (Wildman–Crippen MR) is 136 cm³/mol. The maximum absolute atomic E-state index is 14.0. The maximum Gasteiger partial charge on any atom is 0.295 e. The number of anilines is 1. The number of para-hydroxylation sites is 2. The molecule has 1 fully saturated rings. The molecule has 0 unspecified atom stereocenters. The second kappa shape index (κ2) is 11.7. The zero-order valence-electron chi connectivity index (χ0n) is 20.9. The molecule has 0 bridgehead atoms. The van der Waals surface area contributed by atoms with Crippen molar-refractivity contribution in [2.24, 2.45) is 0 Å². The molecule has 1 aliphatic rings. The zero-order valence-corrected chi connectivity index (χ0v) is 20.9. The van der Waals surface area contributed by atoms with Gasteiger partial charge >= 0.3 is 0 Å². The van der Waals surface area contributed by atoms with Crippen LogP contribution in [0.2, 0.25) is 0 Å². The normalized spacial score (nSPS) is 14.2. The molecule has 1 saturated carbocycles. The van der Waals surface area contributed by atoms with E-state index >= 15 is 0 Å². The Labute approximate surface area is 211 Å². The number of furan rings is 1. The van der Waals surface area contributed by atoms with Crippen LogP contribution < -0.4 is 24.4 Å². The standard InChI is InChI=1S/C28H32N2O6/c1-4-35-22-13-8-7-12-21(22)30(28(32)24-14-9-17-36-24)26(27(31)29-20-10-5-6-11-20)19-15-16-23(33-2)25(18-19)34-3/h7-9,12-18,20,26H,4-6,10-11H2,1-3H3,(H,29,31)/t26-/m1/s1.